The van der Waals surface area contributed by atoms with Crippen LogP contribution in [0.5, 0.6) is 0 Å². The van der Waals surface area contributed by atoms with Crippen LogP contribution < -0.4 is 0 Å². The van der Waals surface area contributed by atoms with Crippen molar-refractivity contribution in [3.63, 3.8) is 0 Å². The Morgan fingerprint density at radius 1 is 1.25 bits per heavy atom. The summed E-state index contributed by atoms with van der Waals surface area (Å²) >= 11 is 5.62. The smallest absolute Gasteiger partial charge is 0.222 e. The summed E-state index contributed by atoms with van der Waals surface area (Å²) in [5.41, 5.74) is 2.52. The van der Waals surface area contributed by atoms with E-state index in [9.17, 15) is 0 Å². The highest BCUT2D eigenvalue weighted by Gasteiger charge is 2.02. The Hall–Kier alpha value is -1.52. The fourth-order valence-electron chi connectivity index (χ4n) is 1.31. The SMILES string of the molecule is COCc1cccc(-c2cnc(Cl)nc2)n1. The third kappa shape index (κ3) is 2.53. The van der Waals surface area contributed by atoms with Gasteiger partial charge in [0, 0.05) is 25.1 Å². The van der Waals surface area contributed by atoms with Crippen LogP contribution in [-0.2, 0) is 11.3 Å². The van der Waals surface area contributed by atoms with Gasteiger partial charge in [0.05, 0.1) is 18.0 Å². The quantitative estimate of drug-likeness (QED) is 0.767. The van der Waals surface area contributed by atoms with Crippen molar-refractivity contribution >= 4 is 11.6 Å². The molecule has 4 nitrogen and oxygen atoms in total. The largest absolute Gasteiger partial charge is 0.378 e. The number of hydrogen-bond acceptors (Lipinski definition) is 4. The van der Waals surface area contributed by atoms with E-state index in [2.05, 4.69) is 15.0 Å². The predicted molar refractivity (Wildman–Crippen MR) is 61.0 cm³/mol. The lowest BCUT2D eigenvalue weighted by Crippen LogP contribution is -1.94. The van der Waals surface area contributed by atoms with Crippen LogP contribution in [0.3, 0.4) is 0 Å². The van der Waals surface area contributed by atoms with Gasteiger partial charge < -0.3 is 4.74 Å². The van der Waals surface area contributed by atoms with Gasteiger partial charge in [-0.25, -0.2) is 9.97 Å². The summed E-state index contributed by atoms with van der Waals surface area (Å²) in [6.45, 7) is 0.488. The zero-order chi connectivity index (χ0) is 11.4. The molecule has 82 valence electrons. The molecule has 0 bridgehead atoms. The van der Waals surface area contributed by atoms with Crippen LogP contribution in [0.15, 0.2) is 30.6 Å². The molecule has 0 aliphatic rings. The molecule has 0 fully saturated rings. The summed E-state index contributed by atoms with van der Waals surface area (Å²) < 4.78 is 5.02. The molecule has 0 saturated carbocycles. The van der Waals surface area contributed by atoms with E-state index in [0.717, 1.165) is 17.0 Å². The zero-order valence-electron chi connectivity index (χ0n) is 8.72. The first kappa shape index (κ1) is 11.0. The molecule has 0 radical (unpaired) electrons. The normalized spacial score (nSPS) is 10.4. The van der Waals surface area contributed by atoms with Gasteiger partial charge >= 0.3 is 0 Å². The van der Waals surface area contributed by atoms with Crippen molar-refractivity contribution in [3.8, 4) is 11.3 Å². The van der Waals surface area contributed by atoms with Crippen LogP contribution in [0.4, 0.5) is 0 Å². The maximum atomic E-state index is 5.62. The fourth-order valence-corrected chi connectivity index (χ4v) is 1.41. The second kappa shape index (κ2) is 5.01. The molecule has 0 saturated heterocycles. The first-order valence-corrected chi connectivity index (χ1v) is 5.10. The number of ether oxygens (including phenoxy) is 1. The van der Waals surface area contributed by atoms with E-state index in [-0.39, 0.29) is 5.28 Å². The van der Waals surface area contributed by atoms with Crippen molar-refractivity contribution < 1.29 is 4.74 Å². The van der Waals surface area contributed by atoms with E-state index in [1.165, 1.54) is 0 Å². The van der Waals surface area contributed by atoms with Gasteiger partial charge in [-0.2, -0.15) is 0 Å². The number of pyridine rings is 1. The van der Waals surface area contributed by atoms with Crippen LogP contribution in [0, 0.1) is 0 Å². The Morgan fingerprint density at radius 3 is 2.69 bits per heavy atom. The van der Waals surface area contributed by atoms with E-state index in [1.807, 2.05) is 18.2 Å². The molecule has 2 aromatic heterocycles. The van der Waals surface area contributed by atoms with E-state index in [4.69, 9.17) is 16.3 Å². The molecule has 16 heavy (non-hydrogen) atoms. The van der Waals surface area contributed by atoms with Gasteiger partial charge in [-0.3, -0.25) is 4.98 Å². The molecule has 0 atom stereocenters. The molecular weight excluding hydrogens is 226 g/mol. The van der Waals surface area contributed by atoms with Gasteiger partial charge in [0.25, 0.3) is 0 Å². The number of halogens is 1. The van der Waals surface area contributed by atoms with E-state index < -0.39 is 0 Å². The van der Waals surface area contributed by atoms with Crippen molar-refractivity contribution in [2.45, 2.75) is 6.61 Å². The molecule has 2 heterocycles. The summed E-state index contributed by atoms with van der Waals surface area (Å²) in [7, 11) is 1.64. The second-order valence-corrected chi connectivity index (χ2v) is 3.53. The molecule has 0 unspecified atom stereocenters. The van der Waals surface area contributed by atoms with Crippen LogP contribution in [0.1, 0.15) is 5.69 Å². The lowest BCUT2D eigenvalue weighted by Gasteiger charge is -2.03. The standard InChI is InChI=1S/C11H10ClN3O/c1-16-7-9-3-2-4-10(15-9)8-5-13-11(12)14-6-8/h2-6H,7H2,1H3. The summed E-state index contributed by atoms with van der Waals surface area (Å²) in [6.07, 6.45) is 3.29. The van der Waals surface area contributed by atoms with Crippen LogP contribution in [-0.4, -0.2) is 22.1 Å². The molecular formula is C11H10ClN3O. The van der Waals surface area contributed by atoms with Crippen molar-refractivity contribution in [1.82, 2.24) is 15.0 Å². The first-order valence-electron chi connectivity index (χ1n) is 4.72. The average Bonchev–Trinajstić information content (AvgIpc) is 2.31. The lowest BCUT2D eigenvalue weighted by molar-refractivity contribution is 0.181. The molecule has 5 heteroatoms. The van der Waals surface area contributed by atoms with Gasteiger partial charge in [0.1, 0.15) is 0 Å². The second-order valence-electron chi connectivity index (χ2n) is 3.19. The van der Waals surface area contributed by atoms with E-state index in [1.54, 1.807) is 19.5 Å². The average molecular weight is 236 g/mol. The van der Waals surface area contributed by atoms with Crippen molar-refractivity contribution in [2.75, 3.05) is 7.11 Å². The summed E-state index contributed by atoms with van der Waals surface area (Å²) in [6, 6.07) is 5.72. The van der Waals surface area contributed by atoms with Crippen LogP contribution in [0.2, 0.25) is 5.28 Å². The zero-order valence-corrected chi connectivity index (χ0v) is 9.48. The molecule has 2 rings (SSSR count). The van der Waals surface area contributed by atoms with Gasteiger partial charge in [-0.15, -0.1) is 0 Å². The number of rotatable bonds is 3. The Balaban J connectivity index is 2.32. The molecule has 0 spiro atoms. The number of hydrogen-bond donors (Lipinski definition) is 0. The molecule has 2 aromatic rings. The highest BCUT2D eigenvalue weighted by Crippen LogP contribution is 2.16. The summed E-state index contributed by atoms with van der Waals surface area (Å²) in [5.74, 6) is 0. The summed E-state index contributed by atoms with van der Waals surface area (Å²) in [5, 5.41) is 0.233. The molecule has 0 aromatic carbocycles. The van der Waals surface area contributed by atoms with Gasteiger partial charge in [-0.1, -0.05) is 6.07 Å². The number of methoxy groups -OCH3 is 1. The minimum absolute atomic E-state index is 0.233. The highest BCUT2D eigenvalue weighted by atomic mass is 35.5. The van der Waals surface area contributed by atoms with Gasteiger partial charge in [0.2, 0.25) is 5.28 Å². The maximum absolute atomic E-state index is 5.62. The van der Waals surface area contributed by atoms with Crippen molar-refractivity contribution in [1.29, 1.82) is 0 Å². The van der Waals surface area contributed by atoms with Crippen molar-refractivity contribution in [3.05, 3.63) is 41.6 Å². The maximum Gasteiger partial charge on any atom is 0.222 e. The fraction of sp³-hybridized carbons (Fsp3) is 0.182. The van der Waals surface area contributed by atoms with Gasteiger partial charge in [-0.05, 0) is 23.7 Å². The van der Waals surface area contributed by atoms with E-state index in [0.29, 0.717) is 6.61 Å². The Kier molecular flexibility index (Phi) is 3.44. The minimum atomic E-state index is 0.233. The predicted octanol–water partition coefficient (Wildman–Crippen LogP) is 2.34. The Bertz CT molecular complexity index is 473. The highest BCUT2D eigenvalue weighted by molar-refractivity contribution is 6.28. The Labute approximate surface area is 98.3 Å². The van der Waals surface area contributed by atoms with Crippen LogP contribution in [0.25, 0.3) is 11.3 Å². The van der Waals surface area contributed by atoms with E-state index >= 15 is 0 Å². The first-order chi connectivity index (χ1) is 7.79. The van der Waals surface area contributed by atoms with Gasteiger partial charge in [0.15, 0.2) is 0 Å². The van der Waals surface area contributed by atoms with Crippen LogP contribution >= 0.6 is 11.6 Å². The molecule has 0 aliphatic carbocycles. The number of nitrogens with zero attached hydrogens (tertiary/aromatic N) is 3. The monoisotopic (exact) mass is 235 g/mol. The molecule has 0 aliphatic heterocycles. The third-order valence-electron chi connectivity index (χ3n) is 2.02. The molecule has 0 amide bonds. The summed E-state index contributed by atoms with van der Waals surface area (Å²) in [4.78, 5) is 12.2. The lowest BCUT2D eigenvalue weighted by atomic mass is 10.2. The topological polar surface area (TPSA) is 47.9 Å². The third-order valence-corrected chi connectivity index (χ3v) is 2.21. The van der Waals surface area contributed by atoms with Crippen molar-refractivity contribution in [2.24, 2.45) is 0 Å². The minimum Gasteiger partial charge on any atom is -0.378 e. The molecule has 0 N–H and O–H groups in total. The Morgan fingerprint density at radius 2 is 2.00 bits per heavy atom. The number of aromatic nitrogens is 3.